The van der Waals surface area contributed by atoms with Crippen LogP contribution in [-0.2, 0) is 4.79 Å². The van der Waals surface area contributed by atoms with Crippen LogP contribution in [0.5, 0.6) is 11.5 Å². The van der Waals surface area contributed by atoms with Gasteiger partial charge in [0, 0.05) is 22.8 Å². The Morgan fingerprint density at radius 1 is 1.08 bits per heavy atom. The molecule has 6 nitrogen and oxygen atoms in total. The lowest BCUT2D eigenvalue weighted by atomic mass is 10.2. The molecule has 1 heterocycles. The molecule has 3 aromatic rings. The first-order valence-corrected chi connectivity index (χ1v) is 8.27. The van der Waals surface area contributed by atoms with Gasteiger partial charge in [0.15, 0.2) is 17.3 Å². The first kappa shape index (κ1) is 17.2. The van der Waals surface area contributed by atoms with Gasteiger partial charge in [-0.1, -0.05) is 22.0 Å². The van der Waals surface area contributed by atoms with Gasteiger partial charge in [-0.05, 0) is 24.3 Å². The number of nitrogens with zero attached hydrogens (tertiary/aromatic N) is 3. The zero-order chi connectivity index (χ0) is 18.0. The molecule has 0 radical (unpaired) electrons. The van der Waals surface area contributed by atoms with E-state index in [1.807, 2.05) is 24.3 Å². The number of carbonyl (C=O) groups is 1. The van der Waals surface area contributed by atoms with Crippen LogP contribution < -0.4 is 14.4 Å². The maximum atomic E-state index is 12.4. The molecule has 2 aromatic carbocycles. The molecule has 0 aliphatic heterocycles. The molecule has 0 atom stereocenters. The van der Waals surface area contributed by atoms with Gasteiger partial charge in [-0.15, -0.1) is 0 Å². The van der Waals surface area contributed by atoms with E-state index in [2.05, 4.69) is 25.9 Å². The van der Waals surface area contributed by atoms with Crippen LogP contribution in [0.15, 0.2) is 47.2 Å². The summed E-state index contributed by atoms with van der Waals surface area (Å²) in [6.45, 7) is 1.50. The number of ether oxygens (including phenoxy) is 2. The highest BCUT2D eigenvalue weighted by Gasteiger charge is 2.20. The number of hydrogen-bond acceptors (Lipinski definition) is 5. The number of aromatic nitrogens is 2. The van der Waals surface area contributed by atoms with E-state index < -0.39 is 0 Å². The largest absolute Gasteiger partial charge is 0.493 e. The Morgan fingerprint density at radius 3 is 2.44 bits per heavy atom. The number of anilines is 2. The van der Waals surface area contributed by atoms with Crippen molar-refractivity contribution in [1.29, 1.82) is 0 Å². The van der Waals surface area contributed by atoms with Crippen molar-refractivity contribution < 1.29 is 14.3 Å². The Kier molecular flexibility index (Phi) is 4.85. The van der Waals surface area contributed by atoms with Crippen LogP contribution in [0.2, 0.25) is 0 Å². The van der Waals surface area contributed by atoms with Crippen LogP contribution in [-0.4, -0.2) is 30.1 Å². The molecule has 0 N–H and O–H groups in total. The molecular formula is C18H16BrN3O3. The summed E-state index contributed by atoms with van der Waals surface area (Å²) in [6.07, 6.45) is 1.43. The third kappa shape index (κ3) is 3.28. The minimum Gasteiger partial charge on any atom is -0.493 e. The summed E-state index contributed by atoms with van der Waals surface area (Å²) in [5.74, 6) is 1.43. The zero-order valence-corrected chi connectivity index (χ0v) is 15.6. The van der Waals surface area contributed by atoms with Crippen LogP contribution in [0, 0.1) is 0 Å². The van der Waals surface area contributed by atoms with Gasteiger partial charge in [0.25, 0.3) is 0 Å². The maximum absolute atomic E-state index is 12.4. The Bertz CT molecular complexity index is 946. The topological polar surface area (TPSA) is 64.6 Å². The van der Waals surface area contributed by atoms with Crippen molar-refractivity contribution in [2.24, 2.45) is 0 Å². The predicted molar refractivity (Wildman–Crippen MR) is 99.6 cm³/mol. The highest BCUT2D eigenvalue weighted by atomic mass is 79.9. The zero-order valence-electron chi connectivity index (χ0n) is 14.0. The molecular weight excluding hydrogens is 386 g/mol. The number of methoxy groups -OCH3 is 2. The quantitative estimate of drug-likeness (QED) is 0.658. The van der Waals surface area contributed by atoms with Crippen LogP contribution in [0.1, 0.15) is 6.92 Å². The molecule has 25 heavy (non-hydrogen) atoms. The SMILES string of the molecule is COc1cc2ncnc(N(C(C)=O)c3cccc(Br)c3)c2cc1OC. The number of fused-ring (bicyclic) bond motifs is 1. The molecule has 128 valence electrons. The second kappa shape index (κ2) is 7.06. The summed E-state index contributed by atoms with van der Waals surface area (Å²) in [6, 6.07) is 11.0. The molecule has 0 spiro atoms. The summed E-state index contributed by atoms with van der Waals surface area (Å²) >= 11 is 3.44. The van der Waals surface area contributed by atoms with Crippen molar-refractivity contribution in [3.8, 4) is 11.5 Å². The van der Waals surface area contributed by atoms with E-state index in [4.69, 9.17) is 9.47 Å². The number of carbonyl (C=O) groups excluding carboxylic acids is 1. The van der Waals surface area contributed by atoms with Gasteiger partial charge in [-0.25, -0.2) is 9.97 Å². The highest BCUT2D eigenvalue weighted by Crippen LogP contribution is 2.37. The predicted octanol–water partition coefficient (Wildman–Crippen LogP) is 4.09. The van der Waals surface area contributed by atoms with Crippen molar-refractivity contribution in [2.45, 2.75) is 6.92 Å². The molecule has 0 aliphatic carbocycles. The number of hydrogen-bond donors (Lipinski definition) is 0. The van der Waals surface area contributed by atoms with E-state index in [0.717, 1.165) is 4.47 Å². The van der Waals surface area contributed by atoms with Gasteiger partial charge in [0.2, 0.25) is 5.91 Å². The number of rotatable bonds is 4. The summed E-state index contributed by atoms with van der Waals surface area (Å²) in [4.78, 5) is 22.5. The summed E-state index contributed by atoms with van der Waals surface area (Å²) < 4.78 is 11.6. The minimum atomic E-state index is -0.159. The van der Waals surface area contributed by atoms with Gasteiger partial charge in [0.1, 0.15) is 6.33 Å². The van der Waals surface area contributed by atoms with Crippen LogP contribution in [0.4, 0.5) is 11.5 Å². The number of halogens is 1. The Morgan fingerprint density at radius 2 is 1.80 bits per heavy atom. The number of benzene rings is 2. The fourth-order valence-electron chi connectivity index (χ4n) is 2.62. The van der Waals surface area contributed by atoms with Gasteiger partial charge >= 0.3 is 0 Å². The molecule has 0 saturated heterocycles. The second-order valence-electron chi connectivity index (χ2n) is 5.26. The molecule has 1 amide bonds. The molecule has 7 heteroatoms. The normalized spacial score (nSPS) is 10.6. The van der Waals surface area contributed by atoms with Crippen molar-refractivity contribution in [1.82, 2.24) is 9.97 Å². The Hall–Kier alpha value is -2.67. The molecule has 0 fully saturated rings. The van der Waals surface area contributed by atoms with Gasteiger partial charge in [0.05, 0.1) is 25.4 Å². The Labute approximate surface area is 153 Å². The maximum Gasteiger partial charge on any atom is 0.229 e. The van der Waals surface area contributed by atoms with E-state index in [9.17, 15) is 4.79 Å². The summed E-state index contributed by atoms with van der Waals surface area (Å²) in [5, 5.41) is 0.690. The lowest BCUT2D eigenvalue weighted by molar-refractivity contribution is -0.115. The average Bonchev–Trinajstić information content (AvgIpc) is 2.60. The monoisotopic (exact) mass is 401 g/mol. The average molecular weight is 402 g/mol. The standard InChI is InChI=1S/C18H16BrN3O3/c1-11(23)22(13-6-4-5-12(19)7-13)18-14-8-16(24-2)17(25-3)9-15(14)20-10-21-18/h4-10H,1-3H3. The first-order chi connectivity index (χ1) is 12.0. The van der Waals surface area contributed by atoms with E-state index in [-0.39, 0.29) is 5.91 Å². The van der Waals surface area contributed by atoms with Gasteiger partial charge in [-0.2, -0.15) is 0 Å². The Balaban J connectivity index is 2.26. The van der Waals surface area contributed by atoms with Crippen LogP contribution in [0.3, 0.4) is 0 Å². The molecule has 0 unspecified atom stereocenters. The smallest absolute Gasteiger partial charge is 0.229 e. The second-order valence-corrected chi connectivity index (χ2v) is 6.17. The molecule has 1 aromatic heterocycles. The molecule has 0 aliphatic rings. The first-order valence-electron chi connectivity index (χ1n) is 7.48. The van der Waals surface area contributed by atoms with Gasteiger partial charge < -0.3 is 9.47 Å². The fraction of sp³-hybridized carbons (Fsp3) is 0.167. The molecule has 0 bridgehead atoms. The van der Waals surface area contributed by atoms with Crippen molar-refractivity contribution in [2.75, 3.05) is 19.1 Å². The van der Waals surface area contributed by atoms with Crippen LogP contribution in [0.25, 0.3) is 10.9 Å². The molecule has 0 saturated carbocycles. The minimum absolute atomic E-state index is 0.159. The van der Waals surface area contributed by atoms with E-state index in [1.54, 1.807) is 31.3 Å². The fourth-order valence-corrected chi connectivity index (χ4v) is 3.00. The number of amides is 1. The van der Waals surface area contributed by atoms with E-state index in [0.29, 0.717) is 33.9 Å². The van der Waals surface area contributed by atoms with Crippen molar-refractivity contribution >= 4 is 44.2 Å². The third-order valence-corrected chi connectivity index (χ3v) is 4.21. The van der Waals surface area contributed by atoms with Gasteiger partial charge in [-0.3, -0.25) is 9.69 Å². The van der Waals surface area contributed by atoms with E-state index >= 15 is 0 Å². The van der Waals surface area contributed by atoms with Crippen molar-refractivity contribution in [3.63, 3.8) is 0 Å². The summed E-state index contributed by atoms with van der Waals surface area (Å²) in [5.41, 5.74) is 1.36. The third-order valence-electron chi connectivity index (χ3n) is 3.71. The highest BCUT2D eigenvalue weighted by molar-refractivity contribution is 9.10. The van der Waals surface area contributed by atoms with Crippen molar-refractivity contribution in [3.05, 3.63) is 47.2 Å². The summed E-state index contributed by atoms with van der Waals surface area (Å²) in [7, 11) is 3.12. The lowest BCUT2D eigenvalue weighted by Crippen LogP contribution is -2.24. The lowest BCUT2D eigenvalue weighted by Gasteiger charge is -2.22. The van der Waals surface area contributed by atoms with E-state index in [1.165, 1.54) is 13.3 Å². The molecule has 3 rings (SSSR count). The van der Waals surface area contributed by atoms with Crippen LogP contribution >= 0.6 is 15.9 Å².